The van der Waals surface area contributed by atoms with Gasteiger partial charge in [-0.3, -0.25) is 0 Å². The predicted molar refractivity (Wildman–Crippen MR) is 64.0 cm³/mol. The molecule has 1 aliphatic rings. The van der Waals surface area contributed by atoms with Gasteiger partial charge in [0.1, 0.15) is 17.1 Å². The van der Waals surface area contributed by atoms with Crippen LogP contribution >= 0.6 is 0 Å². The van der Waals surface area contributed by atoms with Crippen LogP contribution in [0.4, 0.5) is 13.2 Å². The van der Waals surface area contributed by atoms with Crippen LogP contribution in [-0.4, -0.2) is 16.8 Å². The van der Waals surface area contributed by atoms with Gasteiger partial charge in [-0.15, -0.1) is 0 Å². The molecule has 6 heteroatoms. The largest absolute Gasteiger partial charge is 0.508 e. The number of phenolic OH excluding ortho intramolecular Hbond substituents is 2. The average Bonchev–Trinajstić information content (AvgIpc) is 2.80. The SMILES string of the molecule is NCC1(c2cc(O)cc(C(F)(F)F)c2O)CCCC1. The van der Waals surface area contributed by atoms with Crippen molar-refractivity contribution in [3.8, 4) is 11.5 Å². The van der Waals surface area contributed by atoms with Gasteiger partial charge in [-0.25, -0.2) is 0 Å². The zero-order chi connectivity index (χ0) is 14.3. The van der Waals surface area contributed by atoms with E-state index in [0.717, 1.165) is 12.8 Å². The van der Waals surface area contributed by atoms with Crippen LogP contribution in [0.2, 0.25) is 0 Å². The van der Waals surface area contributed by atoms with Gasteiger partial charge in [0.05, 0.1) is 0 Å². The van der Waals surface area contributed by atoms with E-state index in [9.17, 15) is 23.4 Å². The number of rotatable bonds is 2. The molecular weight excluding hydrogens is 259 g/mol. The Bertz CT molecular complexity index is 480. The zero-order valence-corrected chi connectivity index (χ0v) is 10.3. The van der Waals surface area contributed by atoms with Gasteiger partial charge in [-0.1, -0.05) is 12.8 Å². The summed E-state index contributed by atoms with van der Waals surface area (Å²) in [5, 5.41) is 19.4. The van der Waals surface area contributed by atoms with Crippen molar-refractivity contribution < 1.29 is 23.4 Å². The Morgan fingerprint density at radius 1 is 1.16 bits per heavy atom. The summed E-state index contributed by atoms with van der Waals surface area (Å²) in [7, 11) is 0. The highest BCUT2D eigenvalue weighted by Crippen LogP contribution is 2.49. The van der Waals surface area contributed by atoms with Crippen LogP contribution in [0.5, 0.6) is 11.5 Å². The number of phenols is 2. The number of alkyl halides is 3. The molecule has 0 aliphatic heterocycles. The fraction of sp³-hybridized carbons (Fsp3) is 0.538. The molecule has 1 aromatic rings. The van der Waals surface area contributed by atoms with Gasteiger partial charge in [0.15, 0.2) is 0 Å². The van der Waals surface area contributed by atoms with Gasteiger partial charge in [0.2, 0.25) is 0 Å². The van der Waals surface area contributed by atoms with E-state index < -0.39 is 28.7 Å². The minimum atomic E-state index is -4.70. The third kappa shape index (κ3) is 2.36. The van der Waals surface area contributed by atoms with E-state index in [0.29, 0.717) is 18.9 Å². The van der Waals surface area contributed by atoms with Crippen molar-refractivity contribution in [2.24, 2.45) is 5.73 Å². The van der Waals surface area contributed by atoms with Crippen LogP contribution in [0, 0.1) is 0 Å². The number of hydrogen-bond donors (Lipinski definition) is 3. The normalized spacial score (nSPS) is 18.7. The van der Waals surface area contributed by atoms with Crippen LogP contribution in [-0.2, 0) is 11.6 Å². The Morgan fingerprint density at radius 2 is 1.74 bits per heavy atom. The summed E-state index contributed by atoms with van der Waals surface area (Å²) in [5.41, 5.74) is 3.95. The van der Waals surface area contributed by atoms with E-state index in [-0.39, 0.29) is 12.1 Å². The molecule has 2 rings (SSSR count). The van der Waals surface area contributed by atoms with Crippen molar-refractivity contribution in [1.29, 1.82) is 0 Å². The summed E-state index contributed by atoms with van der Waals surface area (Å²) in [6.45, 7) is 0.154. The summed E-state index contributed by atoms with van der Waals surface area (Å²) in [6.07, 6.45) is -1.75. The highest BCUT2D eigenvalue weighted by Gasteiger charge is 2.41. The molecule has 0 bridgehead atoms. The minimum Gasteiger partial charge on any atom is -0.508 e. The molecule has 0 aromatic heterocycles. The highest BCUT2D eigenvalue weighted by molar-refractivity contribution is 5.51. The van der Waals surface area contributed by atoms with Crippen molar-refractivity contribution in [3.05, 3.63) is 23.3 Å². The second-order valence-corrected chi connectivity index (χ2v) is 5.08. The molecule has 3 nitrogen and oxygen atoms in total. The van der Waals surface area contributed by atoms with Crippen molar-refractivity contribution in [2.75, 3.05) is 6.54 Å². The van der Waals surface area contributed by atoms with E-state index >= 15 is 0 Å². The monoisotopic (exact) mass is 275 g/mol. The summed E-state index contributed by atoms with van der Waals surface area (Å²) < 4.78 is 38.5. The van der Waals surface area contributed by atoms with Gasteiger partial charge < -0.3 is 15.9 Å². The number of benzene rings is 1. The fourth-order valence-electron chi connectivity index (χ4n) is 2.87. The second-order valence-electron chi connectivity index (χ2n) is 5.08. The lowest BCUT2D eigenvalue weighted by Gasteiger charge is -2.29. The summed E-state index contributed by atoms with van der Waals surface area (Å²) >= 11 is 0. The third-order valence-electron chi connectivity index (χ3n) is 3.92. The first-order valence-electron chi connectivity index (χ1n) is 6.14. The van der Waals surface area contributed by atoms with Gasteiger partial charge in [0.25, 0.3) is 0 Å². The van der Waals surface area contributed by atoms with Gasteiger partial charge in [-0.2, -0.15) is 13.2 Å². The van der Waals surface area contributed by atoms with Gasteiger partial charge >= 0.3 is 6.18 Å². The van der Waals surface area contributed by atoms with E-state index in [4.69, 9.17) is 5.73 Å². The Morgan fingerprint density at radius 3 is 2.21 bits per heavy atom. The second kappa shape index (κ2) is 4.59. The molecule has 0 spiro atoms. The molecule has 1 aliphatic carbocycles. The Hall–Kier alpha value is -1.43. The summed E-state index contributed by atoms with van der Waals surface area (Å²) in [5.74, 6) is -1.31. The van der Waals surface area contributed by atoms with E-state index in [1.807, 2.05) is 0 Å². The molecule has 1 saturated carbocycles. The summed E-state index contributed by atoms with van der Waals surface area (Å²) in [4.78, 5) is 0. The Labute approximate surface area is 108 Å². The molecule has 0 amide bonds. The molecule has 1 fully saturated rings. The Balaban J connectivity index is 2.61. The van der Waals surface area contributed by atoms with Crippen LogP contribution in [0.25, 0.3) is 0 Å². The highest BCUT2D eigenvalue weighted by atomic mass is 19.4. The van der Waals surface area contributed by atoms with Crippen LogP contribution in [0.3, 0.4) is 0 Å². The maximum absolute atomic E-state index is 12.8. The van der Waals surface area contributed by atoms with Crippen LogP contribution in [0.15, 0.2) is 12.1 Å². The molecule has 19 heavy (non-hydrogen) atoms. The number of aromatic hydroxyl groups is 2. The maximum atomic E-state index is 12.8. The minimum absolute atomic E-state index is 0.111. The molecule has 4 N–H and O–H groups in total. The first-order valence-corrected chi connectivity index (χ1v) is 6.14. The number of nitrogens with two attached hydrogens (primary N) is 1. The molecule has 0 unspecified atom stereocenters. The van der Waals surface area contributed by atoms with Gasteiger partial charge in [0, 0.05) is 17.5 Å². The van der Waals surface area contributed by atoms with E-state index in [1.165, 1.54) is 6.07 Å². The van der Waals surface area contributed by atoms with Crippen molar-refractivity contribution in [3.63, 3.8) is 0 Å². The zero-order valence-electron chi connectivity index (χ0n) is 10.3. The Kier molecular flexibility index (Phi) is 3.38. The van der Waals surface area contributed by atoms with Crippen molar-refractivity contribution >= 4 is 0 Å². The summed E-state index contributed by atoms with van der Waals surface area (Å²) in [6, 6.07) is 1.74. The van der Waals surface area contributed by atoms with Crippen LogP contribution in [0.1, 0.15) is 36.8 Å². The third-order valence-corrected chi connectivity index (χ3v) is 3.92. The predicted octanol–water partition coefficient (Wildman–Crippen LogP) is 2.89. The van der Waals surface area contributed by atoms with E-state index in [2.05, 4.69) is 0 Å². The fourth-order valence-corrected chi connectivity index (χ4v) is 2.87. The topological polar surface area (TPSA) is 66.5 Å². The lowest BCUT2D eigenvalue weighted by Crippen LogP contribution is -2.32. The van der Waals surface area contributed by atoms with Crippen molar-refractivity contribution in [1.82, 2.24) is 0 Å². The molecule has 106 valence electrons. The standard InChI is InChI=1S/C13H16F3NO2/c14-13(15,16)10-6-8(18)5-9(11(10)19)12(7-17)3-1-2-4-12/h5-6,18-19H,1-4,7,17H2. The van der Waals surface area contributed by atoms with Crippen molar-refractivity contribution in [2.45, 2.75) is 37.3 Å². The molecule has 0 radical (unpaired) electrons. The quantitative estimate of drug-likeness (QED) is 0.727. The molecule has 0 heterocycles. The maximum Gasteiger partial charge on any atom is 0.420 e. The lowest BCUT2D eigenvalue weighted by molar-refractivity contribution is -0.139. The average molecular weight is 275 g/mol. The number of hydrogen-bond acceptors (Lipinski definition) is 3. The van der Waals surface area contributed by atoms with E-state index in [1.54, 1.807) is 0 Å². The van der Waals surface area contributed by atoms with Gasteiger partial charge in [-0.05, 0) is 25.0 Å². The first kappa shape index (κ1) is 14.0. The number of halogens is 3. The molecular formula is C13H16F3NO2. The molecule has 0 saturated heterocycles. The lowest BCUT2D eigenvalue weighted by atomic mass is 9.77. The smallest absolute Gasteiger partial charge is 0.420 e. The van der Waals surface area contributed by atoms with Crippen LogP contribution < -0.4 is 5.73 Å². The molecule has 0 atom stereocenters. The first-order chi connectivity index (χ1) is 8.80. The molecule has 1 aromatic carbocycles.